The van der Waals surface area contributed by atoms with Crippen LogP contribution in [0.25, 0.3) is 0 Å². The molecule has 1 N–H and O–H groups in total. The van der Waals surface area contributed by atoms with Crippen LogP contribution in [0.3, 0.4) is 0 Å². The molecule has 1 unspecified atom stereocenters. The largest absolute Gasteiger partial charge is 0.383 e. The lowest BCUT2D eigenvalue weighted by atomic mass is 10.1. The van der Waals surface area contributed by atoms with E-state index in [9.17, 15) is 0 Å². The van der Waals surface area contributed by atoms with Gasteiger partial charge in [-0.2, -0.15) is 0 Å². The molecule has 3 rings (SSSR count). The predicted octanol–water partition coefficient (Wildman–Crippen LogP) is 2.77. The van der Waals surface area contributed by atoms with Gasteiger partial charge >= 0.3 is 0 Å². The first-order valence-corrected chi connectivity index (χ1v) is 7.92. The van der Waals surface area contributed by atoms with E-state index in [1.165, 1.54) is 36.9 Å². The average Bonchev–Trinajstić information content (AvgIpc) is 3.29. The van der Waals surface area contributed by atoms with E-state index in [-0.39, 0.29) is 0 Å². The van der Waals surface area contributed by atoms with Crippen LogP contribution in [0.4, 0.5) is 5.69 Å². The van der Waals surface area contributed by atoms with Crippen molar-refractivity contribution in [2.24, 2.45) is 5.92 Å². The lowest BCUT2D eigenvalue weighted by Crippen LogP contribution is -2.38. The summed E-state index contributed by atoms with van der Waals surface area (Å²) in [5.74, 6) is 0.870. The molecule has 1 aliphatic heterocycles. The minimum absolute atomic E-state index is 0.604. The second-order valence-corrected chi connectivity index (χ2v) is 6.23. The number of hydrogen-bond acceptors (Lipinski definition) is 3. The second kappa shape index (κ2) is 6.59. The van der Waals surface area contributed by atoms with Crippen molar-refractivity contribution in [2.75, 3.05) is 38.7 Å². The smallest absolute Gasteiger partial charge is 0.0593 e. The summed E-state index contributed by atoms with van der Waals surface area (Å²) < 4.78 is 5.75. The molecule has 1 atom stereocenters. The molecule has 1 saturated carbocycles. The van der Waals surface area contributed by atoms with Crippen molar-refractivity contribution in [3.63, 3.8) is 0 Å². The lowest BCUT2D eigenvalue weighted by molar-refractivity contribution is 0.0918. The van der Waals surface area contributed by atoms with Gasteiger partial charge in [0.05, 0.1) is 6.61 Å². The van der Waals surface area contributed by atoms with Crippen LogP contribution in [0, 0.1) is 5.92 Å². The number of fused-ring (bicyclic) bond motifs is 1. The molecular formula is C17H26N2O. The van der Waals surface area contributed by atoms with Crippen LogP contribution in [-0.4, -0.2) is 44.3 Å². The summed E-state index contributed by atoms with van der Waals surface area (Å²) in [6.45, 7) is 3.92. The molecule has 20 heavy (non-hydrogen) atoms. The third kappa shape index (κ3) is 3.74. The Morgan fingerprint density at radius 1 is 1.25 bits per heavy atom. The van der Waals surface area contributed by atoms with E-state index in [1.54, 1.807) is 0 Å². The van der Waals surface area contributed by atoms with Gasteiger partial charge in [0.1, 0.15) is 0 Å². The van der Waals surface area contributed by atoms with Crippen LogP contribution in [0.15, 0.2) is 24.3 Å². The van der Waals surface area contributed by atoms with Crippen molar-refractivity contribution < 1.29 is 4.74 Å². The Hall–Kier alpha value is -1.06. The van der Waals surface area contributed by atoms with Gasteiger partial charge in [-0.25, -0.2) is 0 Å². The molecule has 1 fully saturated rings. The van der Waals surface area contributed by atoms with Gasteiger partial charge in [0.25, 0.3) is 0 Å². The first-order chi connectivity index (χ1) is 9.83. The summed E-state index contributed by atoms with van der Waals surface area (Å²) in [6.07, 6.45) is 5.14. The summed E-state index contributed by atoms with van der Waals surface area (Å²) in [7, 11) is 2.23. The molecule has 0 spiro atoms. The molecule has 0 amide bonds. The van der Waals surface area contributed by atoms with E-state index >= 15 is 0 Å². The van der Waals surface area contributed by atoms with Crippen molar-refractivity contribution in [1.82, 2.24) is 4.90 Å². The van der Waals surface area contributed by atoms with Gasteiger partial charge < -0.3 is 10.1 Å². The minimum Gasteiger partial charge on any atom is -0.383 e. The number of benzene rings is 1. The highest BCUT2D eigenvalue weighted by atomic mass is 16.5. The Morgan fingerprint density at radius 2 is 2.10 bits per heavy atom. The summed E-state index contributed by atoms with van der Waals surface area (Å²) in [4.78, 5) is 2.45. The molecule has 0 saturated heterocycles. The molecule has 1 aliphatic carbocycles. The maximum Gasteiger partial charge on any atom is 0.0593 e. The van der Waals surface area contributed by atoms with Gasteiger partial charge in [0, 0.05) is 31.4 Å². The molecule has 3 heteroatoms. The lowest BCUT2D eigenvalue weighted by Gasteiger charge is -2.27. The van der Waals surface area contributed by atoms with Crippen molar-refractivity contribution in [1.29, 1.82) is 0 Å². The minimum atomic E-state index is 0.604. The number of likely N-dealkylation sites (N-methyl/N-ethyl adjacent to an activating group) is 1. The highest BCUT2D eigenvalue weighted by Gasteiger charge is 2.22. The average molecular weight is 274 g/mol. The molecule has 0 bridgehead atoms. The predicted molar refractivity (Wildman–Crippen MR) is 83.2 cm³/mol. The number of ether oxygens (including phenoxy) is 1. The van der Waals surface area contributed by atoms with E-state index in [0.29, 0.717) is 6.04 Å². The van der Waals surface area contributed by atoms with Gasteiger partial charge in [-0.15, -0.1) is 0 Å². The van der Waals surface area contributed by atoms with Crippen molar-refractivity contribution in [2.45, 2.75) is 31.7 Å². The van der Waals surface area contributed by atoms with Gasteiger partial charge in [0.15, 0.2) is 0 Å². The zero-order chi connectivity index (χ0) is 13.8. The highest BCUT2D eigenvalue weighted by molar-refractivity contribution is 5.52. The molecular weight excluding hydrogens is 248 g/mol. The standard InChI is InChI=1S/C17H26N2O/c1-19(10-11-20-13-14-6-7-14)16-9-8-15-4-2-3-5-17(15)18-12-16/h2-5,14,16,18H,6-13H2,1H3. The Labute approximate surface area is 122 Å². The fourth-order valence-electron chi connectivity index (χ4n) is 2.86. The van der Waals surface area contributed by atoms with E-state index in [4.69, 9.17) is 4.74 Å². The van der Waals surface area contributed by atoms with Gasteiger partial charge in [-0.3, -0.25) is 4.90 Å². The van der Waals surface area contributed by atoms with Gasteiger partial charge in [0.2, 0.25) is 0 Å². The fraction of sp³-hybridized carbons (Fsp3) is 0.647. The third-order valence-corrected chi connectivity index (χ3v) is 4.55. The Balaban J connectivity index is 1.43. The van der Waals surface area contributed by atoms with Crippen LogP contribution in [-0.2, 0) is 11.2 Å². The molecule has 2 aliphatic rings. The van der Waals surface area contributed by atoms with Crippen molar-refractivity contribution in [3.05, 3.63) is 29.8 Å². The quantitative estimate of drug-likeness (QED) is 0.807. The second-order valence-electron chi connectivity index (χ2n) is 6.23. The van der Waals surface area contributed by atoms with E-state index in [1.807, 2.05) is 0 Å². The number of nitrogens with zero attached hydrogens (tertiary/aromatic N) is 1. The first kappa shape index (κ1) is 13.9. The summed E-state index contributed by atoms with van der Waals surface area (Å²) in [5, 5.41) is 3.59. The Morgan fingerprint density at radius 3 is 2.95 bits per heavy atom. The SMILES string of the molecule is CN(CCOCC1CC1)C1CCc2ccccc2NC1. The number of anilines is 1. The van der Waals surface area contributed by atoms with Crippen LogP contribution in [0.2, 0.25) is 0 Å². The van der Waals surface area contributed by atoms with Crippen LogP contribution in [0.1, 0.15) is 24.8 Å². The maximum atomic E-state index is 5.75. The topological polar surface area (TPSA) is 24.5 Å². The maximum absolute atomic E-state index is 5.75. The molecule has 0 aromatic heterocycles. The monoisotopic (exact) mass is 274 g/mol. The van der Waals surface area contributed by atoms with Gasteiger partial charge in [-0.05, 0) is 50.3 Å². The fourth-order valence-corrected chi connectivity index (χ4v) is 2.86. The summed E-state index contributed by atoms with van der Waals surface area (Å²) in [6, 6.07) is 9.28. The highest BCUT2D eigenvalue weighted by Crippen LogP contribution is 2.28. The zero-order valence-electron chi connectivity index (χ0n) is 12.5. The van der Waals surface area contributed by atoms with Crippen LogP contribution >= 0.6 is 0 Å². The van der Waals surface area contributed by atoms with Gasteiger partial charge in [-0.1, -0.05) is 18.2 Å². The summed E-state index contributed by atoms with van der Waals surface area (Å²) >= 11 is 0. The third-order valence-electron chi connectivity index (χ3n) is 4.55. The Bertz CT molecular complexity index is 404. The van der Waals surface area contributed by atoms with E-state index in [0.717, 1.165) is 32.2 Å². The Kier molecular flexibility index (Phi) is 4.58. The molecule has 0 radical (unpaired) electrons. The van der Waals surface area contributed by atoms with Crippen molar-refractivity contribution >= 4 is 5.69 Å². The molecule has 1 aromatic rings. The van der Waals surface area contributed by atoms with E-state index < -0.39 is 0 Å². The number of hydrogen-bond donors (Lipinski definition) is 1. The van der Waals surface area contributed by atoms with Crippen LogP contribution in [0.5, 0.6) is 0 Å². The number of para-hydroxylation sites is 1. The zero-order valence-corrected chi connectivity index (χ0v) is 12.5. The first-order valence-electron chi connectivity index (χ1n) is 7.92. The molecule has 1 heterocycles. The normalized spacial score (nSPS) is 22.2. The van der Waals surface area contributed by atoms with E-state index in [2.05, 4.69) is 41.5 Å². The molecule has 110 valence electrons. The number of aryl methyl sites for hydroxylation is 1. The number of nitrogens with one attached hydrogen (secondary N) is 1. The molecule has 1 aromatic carbocycles. The van der Waals surface area contributed by atoms with Crippen molar-refractivity contribution in [3.8, 4) is 0 Å². The van der Waals surface area contributed by atoms with Crippen LogP contribution < -0.4 is 5.32 Å². The number of rotatable bonds is 6. The summed E-state index contributed by atoms with van der Waals surface area (Å²) in [5.41, 5.74) is 2.77. The molecule has 3 nitrogen and oxygen atoms in total.